The molecule has 4 aromatic rings. The highest BCUT2D eigenvalue weighted by Crippen LogP contribution is 2.36. The van der Waals surface area contributed by atoms with Gasteiger partial charge >= 0.3 is 5.69 Å². The molecule has 2 aromatic carbocycles. The SMILES string of the molecule is COc1c(C=Cc2ccc(NS(C)(=O)=O)cc2)cc(-n2c(=O)cc[nH]c2=O)cc1-c1ccco1. The molecule has 0 bridgehead atoms. The van der Waals surface area contributed by atoms with Gasteiger partial charge in [0.2, 0.25) is 10.0 Å². The topological polar surface area (TPSA) is 123 Å². The third-order valence-electron chi connectivity index (χ3n) is 4.88. The van der Waals surface area contributed by atoms with Crippen LogP contribution in [-0.4, -0.2) is 31.3 Å². The number of methoxy groups -OCH3 is 1. The summed E-state index contributed by atoms with van der Waals surface area (Å²) in [6.07, 6.45) is 7.47. The predicted octanol–water partition coefficient (Wildman–Crippen LogP) is 3.34. The lowest BCUT2D eigenvalue weighted by molar-refractivity contribution is 0.413. The monoisotopic (exact) mass is 479 g/mol. The summed E-state index contributed by atoms with van der Waals surface area (Å²) < 4.78 is 37.4. The van der Waals surface area contributed by atoms with Crippen molar-refractivity contribution in [3.05, 3.63) is 99.0 Å². The molecule has 0 spiro atoms. The normalized spacial score (nSPS) is 11.6. The second-order valence-electron chi connectivity index (χ2n) is 7.38. The lowest BCUT2D eigenvalue weighted by atomic mass is 10.0. The second kappa shape index (κ2) is 9.28. The molecule has 2 heterocycles. The Bertz CT molecular complexity index is 1540. The minimum Gasteiger partial charge on any atom is -0.495 e. The molecular weight excluding hydrogens is 458 g/mol. The molecule has 174 valence electrons. The minimum atomic E-state index is -3.37. The van der Waals surface area contributed by atoms with E-state index in [4.69, 9.17) is 9.15 Å². The average molecular weight is 480 g/mol. The number of nitrogens with zero attached hydrogens (tertiary/aromatic N) is 1. The quantitative estimate of drug-likeness (QED) is 0.392. The van der Waals surface area contributed by atoms with Gasteiger partial charge in [-0.1, -0.05) is 24.3 Å². The van der Waals surface area contributed by atoms with Crippen molar-refractivity contribution in [1.82, 2.24) is 9.55 Å². The van der Waals surface area contributed by atoms with Crippen LogP contribution in [0.4, 0.5) is 5.69 Å². The Kier molecular flexibility index (Phi) is 6.24. The molecule has 0 aliphatic carbocycles. The summed E-state index contributed by atoms with van der Waals surface area (Å²) in [5, 5.41) is 0. The van der Waals surface area contributed by atoms with Crippen molar-refractivity contribution in [2.24, 2.45) is 0 Å². The first-order valence-corrected chi connectivity index (χ1v) is 12.0. The molecule has 0 aliphatic heterocycles. The maximum Gasteiger partial charge on any atom is 0.332 e. The van der Waals surface area contributed by atoms with E-state index in [1.54, 1.807) is 60.7 Å². The summed E-state index contributed by atoms with van der Waals surface area (Å²) in [4.78, 5) is 27.3. The van der Waals surface area contributed by atoms with Gasteiger partial charge in [-0.25, -0.2) is 17.8 Å². The number of benzene rings is 2. The molecule has 0 saturated carbocycles. The van der Waals surface area contributed by atoms with Gasteiger partial charge < -0.3 is 14.1 Å². The van der Waals surface area contributed by atoms with Gasteiger partial charge in [0.1, 0.15) is 11.5 Å². The van der Waals surface area contributed by atoms with Crippen LogP contribution < -0.4 is 20.7 Å². The van der Waals surface area contributed by atoms with E-state index >= 15 is 0 Å². The maximum absolute atomic E-state index is 12.4. The van der Waals surface area contributed by atoms with Crippen LogP contribution >= 0.6 is 0 Å². The van der Waals surface area contributed by atoms with Crippen LogP contribution in [0.15, 0.2) is 81.1 Å². The van der Waals surface area contributed by atoms with Crippen LogP contribution in [0.2, 0.25) is 0 Å². The third kappa shape index (κ3) is 5.02. The number of aromatic amines is 1. The number of rotatable bonds is 7. The summed E-state index contributed by atoms with van der Waals surface area (Å²) >= 11 is 0. The van der Waals surface area contributed by atoms with E-state index in [1.165, 1.54) is 25.6 Å². The largest absolute Gasteiger partial charge is 0.495 e. The number of H-pyrrole nitrogens is 1. The summed E-state index contributed by atoms with van der Waals surface area (Å²) in [6, 6.07) is 14.8. The summed E-state index contributed by atoms with van der Waals surface area (Å²) in [5.41, 5.74) is 1.68. The highest BCUT2D eigenvalue weighted by Gasteiger charge is 2.16. The Morgan fingerprint density at radius 2 is 1.82 bits per heavy atom. The zero-order valence-electron chi connectivity index (χ0n) is 18.3. The number of anilines is 1. The highest BCUT2D eigenvalue weighted by molar-refractivity contribution is 7.92. The highest BCUT2D eigenvalue weighted by atomic mass is 32.2. The number of aromatic nitrogens is 2. The van der Waals surface area contributed by atoms with Gasteiger partial charge in [0.05, 0.1) is 30.9 Å². The van der Waals surface area contributed by atoms with E-state index in [-0.39, 0.29) is 0 Å². The molecule has 0 amide bonds. The van der Waals surface area contributed by atoms with Crippen molar-refractivity contribution in [3.8, 4) is 22.8 Å². The fraction of sp³-hybridized carbons (Fsp3) is 0.0833. The standard InChI is InChI=1S/C24H21N3O6S/c1-32-23-17(8-5-16-6-9-18(10-7-16)26-34(2,30)31)14-19(15-20(23)21-4-3-13-33-21)27-22(28)11-12-25-24(27)29/h3-15,26H,1-2H3,(H,25,29). The number of hydrogen-bond donors (Lipinski definition) is 2. The van der Waals surface area contributed by atoms with Gasteiger partial charge in [-0.2, -0.15) is 0 Å². The van der Waals surface area contributed by atoms with Gasteiger partial charge in [-0.3, -0.25) is 9.52 Å². The van der Waals surface area contributed by atoms with Crippen molar-refractivity contribution in [1.29, 1.82) is 0 Å². The van der Waals surface area contributed by atoms with Crippen molar-refractivity contribution in [2.75, 3.05) is 18.1 Å². The molecule has 34 heavy (non-hydrogen) atoms. The Balaban J connectivity index is 1.82. The zero-order valence-corrected chi connectivity index (χ0v) is 19.1. The van der Waals surface area contributed by atoms with E-state index in [0.717, 1.165) is 16.4 Å². The summed E-state index contributed by atoms with van der Waals surface area (Å²) in [7, 11) is -1.85. The van der Waals surface area contributed by atoms with Gasteiger partial charge in [0.25, 0.3) is 5.56 Å². The van der Waals surface area contributed by atoms with Crippen LogP contribution in [0.5, 0.6) is 5.75 Å². The Morgan fingerprint density at radius 1 is 1.06 bits per heavy atom. The molecule has 2 aromatic heterocycles. The molecule has 0 atom stereocenters. The van der Waals surface area contributed by atoms with Crippen molar-refractivity contribution < 1.29 is 17.6 Å². The maximum atomic E-state index is 12.4. The number of nitrogens with one attached hydrogen (secondary N) is 2. The fourth-order valence-corrected chi connectivity index (χ4v) is 4.03. The molecular formula is C24H21N3O6S. The van der Waals surface area contributed by atoms with Crippen LogP contribution in [0.25, 0.3) is 29.2 Å². The van der Waals surface area contributed by atoms with E-state index in [0.29, 0.717) is 34.0 Å². The lowest BCUT2D eigenvalue weighted by Gasteiger charge is -2.14. The molecule has 0 saturated heterocycles. The molecule has 0 unspecified atom stereocenters. The average Bonchev–Trinajstić information content (AvgIpc) is 3.32. The minimum absolute atomic E-state index is 0.339. The molecule has 2 N–H and O–H groups in total. The molecule has 0 aliphatic rings. The summed E-state index contributed by atoms with van der Waals surface area (Å²) in [6.45, 7) is 0. The van der Waals surface area contributed by atoms with Gasteiger partial charge in [0, 0.05) is 23.5 Å². The predicted molar refractivity (Wildman–Crippen MR) is 131 cm³/mol. The van der Waals surface area contributed by atoms with Crippen LogP contribution in [0.1, 0.15) is 11.1 Å². The van der Waals surface area contributed by atoms with Crippen molar-refractivity contribution in [2.45, 2.75) is 0 Å². The molecule has 10 heteroatoms. The Morgan fingerprint density at radius 3 is 2.44 bits per heavy atom. The first-order chi connectivity index (χ1) is 16.2. The van der Waals surface area contributed by atoms with Crippen LogP contribution in [-0.2, 0) is 10.0 Å². The van der Waals surface area contributed by atoms with E-state index in [2.05, 4.69) is 9.71 Å². The first-order valence-electron chi connectivity index (χ1n) is 10.1. The third-order valence-corrected chi connectivity index (χ3v) is 5.48. The number of sulfonamides is 1. The summed E-state index contributed by atoms with van der Waals surface area (Å²) in [5.74, 6) is 0.996. The molecule has 0 fully saturated rings. The van der Waals surface area contributed by atoms with Gasteiger partial charge in [0.15, 0.2) is 0 Å². The van der Waals surface area contributed by atoms with E-state index in [1.807, 2.05) is 0 Å². The first kappa shape index (κ1) is 22.9. The van der Waals surface area contributed by atoms with Crippen molar-refractivity contribution >= 4 is 27.9 Å². The van der Waals surface area contributed by atoms with E-state index < -0.39 is 21.3 Å². The van der Waals surface area contributed by atoms with Crippen LogP contribution in [0.3, 0.4) is 0 Å². The second-order valence-corrected chi connectivity index (χ2v) is 9.13. The van der Waals surface area contributed by atoms with Crippen molar-refractivity contribution in [3.63, 3.8) is 0 Å². The smallest absolute Gasteiger partial charge is 0.332 e. The molecule has 4 rings (SSSR count). The Hall–Kier alpha value is -4.31. The zero-order chi connectivity index (χ0) is 24.3. The fourth-order valence-electron chi connectivity index (χ4n) is 3.46. The Labute approximate surface area is 195 Å². The molecule has 0 radical (unpaired) electrons. The number of hydrogen-bond acceptors (Lipinski definition) is 6. The molecule has 9 nitrogen and oxygen atoms in total. The van der Waals surface area contributed by atoms with Gasteiger partial charge in [-0.05, 0) is 42.0 Å². The number of ether oxygens (including phenoxy) is 1. The van der Waals surface area contributed by atoms with Crippen LogP contribution in [0, 0.1) is 0 Å². The van der Waals surface area contributed by atoms with E-state index in [9.17, 15) is 18.0 Å². The lowest BCUT2D eigenvalue weighted by Crippen LogP contribution is -2.32. The van der Waals surface area contributed by atoms with Gasteiger partial charge in [-0.15, -0.1) is 0 Å². The number of furan rings is 1.